The second-order valence-electron chi connectivity index (χ2n) is 9.80. The fourth-order valence-electron chi connectivity index (χ4n) is 4.73. The van der Waals surface area contributed by atoms with Gasteiger partial charge in [-0.3, -0.25) is 0 Å². The minimum Gasteiger partial charge on any atom is -0.394 e. The lowest BCUT2D eigenvalue weighted by molar-refractivity contribution is -0.143. The first kappa shape index (κ1) is 27.9. The van der Waals surface area contributed by atoms with Crippen LogP contribution < -0.4 is 15.5 Å². The summed E-state index contributed by atoms with van der Waals surface area (Å²) in [5.41, 5.74) is 3.17. The number of amides is 2. The number of carbonyl (C=O) groups is 1. The molecule has 12 heteroatoms. The van der Waals surface area contributed by atoms with E-state index < -0.39 is 30.7 Å². The van der Waals surface area contributed by atoms with Crippen LogP contribution in [0.3, 0.4) is 0 Å². The third-order valence-corrected chi connectivity index (χ3v) is 6.77. The standard InChI is InChI=1S/C26H34F3N5O4/c1-17-2-3-20(31-25(37)34-5-4-18(15-34)13-26(27,28)29)12-22(17)19-10-23(30-14-21(36)16-35)32-24(11-19)33-6-8-38-9-7-33/h2-3,10-12,18,21,35-36H,4-9,13-16H2,1H3,(H,30,32)(H,31,37)/t18?,21-/m1/s1. The number of rotatable bonds is 8. The molecular weight excluding hydrogens is 503 g/mol. The van der Waals surface area contributed by atoms with Crippen molar-refractivity contribution in [3.63, 3.8) is 0 Å². The zero-order chi connectivity index (χ0) is 27.3. The monoisotopic (exact) mass is 537 g/mol. The van der Waals surface area contributed by atoms with Crippen molar-refractivity contribution in [3.8, 4) is 11.1 Å². The third kappa shape index (κ3) is 7.49. The van der Waals surface area contributed by atoms with Crippen LogP contribution in [-0.4, -0.2) is 91.0 Å². The predicted octanol–water partition coefficient (Wildman–Crippen LogP) is 3.46. The van der Waals surface area contributed by atoms with Crippen LogP contribution in [0.25, 0.3) is 11.1 Å². The Balaban J connectivity index is 1.54. The van der Waals surface area contributed by atoms with Crippen molar-refractivity contribution < 1.29 is 32.9 Å². The summed E-state index contributed by atoms with van der Waals surface area (Å²) in [6, 6.07) is 8.84. The average Bonchev–Trinajstić information content (AvgIpc) is 3.35. The molecule has 9 nitrogen and oxygen atoms in total. The van der Waals surface area contributed by atoms with Crippen LogP contribution in [0.15, 0.2) is 30.3 Å². The Morgan fingerprint density at radius 3 is 2.68 bits per heavy atom. The topological polar surface area (TPSA) is 110 Å². The van der Waals surface area contributed by atoms with Crippen molar-refractivity contribution in [2.24, 2.45) is 5.92 Å². The van der Waals surface area contributed by atoms with Gasteiger partial charge < -0.3 is 35.4 Å². The van der Waals surface area contributed by atoms with Crippen molar-refractivity contribution >= 4 is 23.4 Å². The lowest BCUT2D eigenvalue weighted by Crippen LogP contribution is -2.36. The van der Waals surface area contributed by atoms with Gasteiger partial charge in [-0.25, -0.2) is 9.78 Å². The number of nitrogens with zero attached hydrogens (tertiary/aromatic N) is 3. The maximum atomic E-state index is 12.8. The Bertz CT molecular complexity index is 1110. The summed E-state index contributed by atoms with van der Waals surface area (Å²) in [7, 11) is 0. The lowest BCUT2D eigenvalue weighted by atomic mass is 10.00. The number of likely N-dealkylation sites (tertiary alicyclic amines) is 1. The molecule has 4 rings (SSSR count). The zero-order valence-electron chi connectivity index (χ0n) is 21.3. The van der Waals surface area contributed by atoms with E-state index in [1.165, 1.54) is 4.90 Å². The number of carbonyl (C=O) groups excluding carboxylic acids is 1. The number of aliphatic hydroxyl groups is 2. The number of halogens is 3. The van der Waals surface area contributed by atoms with Crippen LogP contribution >= 0.6 is 0 Å². The van der Waals surface area contributed by atoms with E-state index in [-0.39, 0.29) is 26.2 Å². The number of hydrogen-bond donors (Lipinski definition) is 4. The van der Waals surface area contributed by atoms with Gasteiger partial charge in [0.25, 0.3) is 0 Å². The molecule has 1 aromatic heterocycles. The molecule has 0 aliphatic carbocycles. The molecule has 1 aromatic carbocycles. The van der Waals surface area contributed by atoms with E-state index in [0.29, 0.717) is 44.2 Å². The molecule has 2 fully saturated rings. The predicted molar refractivity (Wildman–Crippen MR) is 138 cm³/mol. The summed E-state index contributed by atoms with van der Waals surface area (Å²) >= 11 is 0. The highest BCUT2D eigenvalue weighted by atomic mass is 19.4. The fraction of sp³-hybridized carbons (Fsp3) is 0.538. The second-order valence-corrected chi connectivity index (χ2v) is 9.80. The second kappa shape index (κ2) is 12.2. The number of urea groups is 1. The van der Waals surface area contributed by atoms with Gasteiger partial charge in [0.05, 0.1) is 25.9 Å². The van der Waals surface area contributed by atoms with Crippen LogP contribution in [0.5, 0.6) is 0 Å². The first-order valence-corrected chi connectivity index (χ1v) is 12.7. The Morgan fingerprint density at radius 2 is 1.97 bits per heavy atom. The number of ether oxygens (including phenoxy) is 1. The molecule has 0 saturated carbocycles. The van der Waals surface area contributed by atoms with Gasteiger partial charge in [0.2, 0.25) is 0 Å². The number of morpholine rings is 1. The Kier molecular flexibility index (Phi) is 8.95. The molecule has 2 aromatic rings. The Hall–Kier alpha value is -3.09. The SMILES string of the molecule is Cc1ccc(NC(=O)N2CCC(CC(F)(F)F)C2)cc1-c1cc(NC[C@@H](O)CO)nc(N2CCOCC2)c1. The van der Waals surface area contributed by atoms with Crippen LogP contribution in [-0.2, 0) is 4.74 Å². The highest BCUT2D eigenvalue weighted by Crippen LogP contribution is 2.33. The molecule has 0 spiro atoms. The fourth-order valence-corrected chi connectivity index (χ4v) is 4.73. The zero-order valence-corrected chi connectivity index (χ0v) is 21.3. The highest BCUT2D eigenvalue weighted by molar-refractivity contribution is 5.91. The number of aliphatic hydroxyl groups excluding tert-OH is 2. The minimum atomic E-state index is -4.24. The normalized spacial score (nSPS) is 18.9. The number of aromatic nitrogens is 1. The molecule has 2 saturated heterocycles. The number of anilines is 3. The van der Waals surface area contributed by atoms with Crippen molar-refractivity contribution in [1.82, 2.24) is 9.88 Å². The smallest absolute Gasteiger partial charge is 0.389 e. The number of benzene rings is 1. The van der Waals surface area contributed by atoms with E-state index >= 15 is 0 Å². The van der Waals surface area contributed by atoms with Gasteiger partial charge in [0.15, 0.2) is 0 Å². The first-order chi connectivity index (χ1) is 18.1. The molecule has 0 radical (unpaired) electrons. The quantitative estimate of drug-likeness (QED) is 0.408. The van der Waals surface area contributed by atoms with E-state index in [9.17, 15) is 23.1 Å². The largest absolute Gasteiger partial charge is 0.394 e. The average molecular weight is 538 g/mol. The number of nitrogens with one attached hydrogen (secondary N) is 2. The highest BCUT2D eigenvalue weighted by Gasteiger charge is 2.36. The minimum absolute atomic E-state index is 0.0754. The van der Waals surface area contributed by atoms with E-state index in [0.717, 1.165) is 22.5 Å². The summed E-state index contributed by atoms with van der Waals surface area (Å²) in [4.78, 5) is 21.0. The van der Waals surface area contributed by atoms with Crippen molar-refractivity contribution in [2.45, 2.75) is 32.0 Å². The van der Waals surface area contributed by atoms with Crippen LogP contribution in [0.2, 0.25) is 0 Å². The Morgan fingerprint density at radius 1 is 1.21 bits per heavy atom. The summed E-state index contributed by atoms with van der Waals surface area (Å²) < 4.78 is 43.7. The van der Waals surface area contributed by atoms with E-state index in [2.05, 4.69) is 20.5 Å². The lowest BCUT2D eigenvalue weighted by Gasteiger charge is -2.29. The molecule has 1 unspecified atom stereocenters. The van der Waals surface area contributed by atoms with Gasteiger partial charge in [-0.2, -0.15) is 13.2 Å². The molecule has 2 aliphatic heterocycles. The number of alkyl halides is 3. The molecule has 2 atom stereocenters. The van der Waals surface area contributed by atoms with E-state index in [4.69, 9.17) is 9.84 Å². The molecule has 4 N–H and O–H groups in total. The van der Waals surface area contributed by atoms with Crippen LogP contribution in [0.4, 0.5) is 35.3 Å². The third-order valence-electron chi connectivity index (χ3n) is 6.77. The first-order valence-electron chi connectivity index (χ1n) is 12.7. The molecule has 2 aliphatic rings. The number of hydrogen-bond acceptors (Lipinski definition) is 7. The molecule has 3 heterocycles. The molecule has 38 heavy (non-hydrogen) atoms. The molecule has 2 amide bonds. The number of aryl methyl sites for hydroxylation is 1. The van der Waals surface area contributed by atoms with Crippen LogP contribution in [0, 0.1) is 12.8 Å². The number of pyridine rings is 1. The summed E-state index contributed by atoms with van der Waals surface area (Å²) in [5.74, 6) is 0.673. The maximum absolute atomic E-state index is 12.8. The summed E-state index contributed by atoms with van der Waals surface area (Å²) in [6.45, 7) is 4.57. The van der Waals surface area contributed by atoms with Gasteiger partial charge in [0, 0.05) is 44.8 Å². The van der Waals surface area contributed by atoms with Crippen molar-refractivity contribution in [3.05, 3.63) is 35.9 Å². The molecular formula is C26H34F3N5O4. The Labute approximate surface area is 219 Å². The van der Waals surface area contributed by atoms with Gasteiger partial charge >= 0.3 is 12.2 Å². The van der Waals surface area contributed by atoms with Gasteiger partial charge in [-0.1, -0.05) is 6.07 Å². The van der Waals surface area contributed by atoms with Gasteiger partial charge in [-0.05, 0) is 60.2 Å². The van der Waals surface area contributed by atoms with Crippen molar-refractivity contribution in [2.75, 3.05) is 68.1 Å². The van der Waals surface area contributed by atoms with Gasteiger partial charge in [0.1, 0.15) is 11.6 Å². The van der Waals surface area contributed by atoms with Gasteiger partial charge in [-0.15, -0.1) is 0 Å². The maximum Gasteiger partial charge on any atom is 0.389 e. The summed E-state index contributed by atoms with van der Waals surface area (Å²) in [6.07, 6.45) is -5.73. The van der Waals surface area contributed by atoms with E-state index in [1.807, 2.05) is 31.2 Å². The molecule has 208 valence electrons. The van der Waals surface area contributed by atoms with Crippen LogP contribution in [0.1, 0.15) is 18.4 Å². The summed E-state index contributed by atoms with van der Waals surface area (Å²) in [5, 5.41) is 24.9. The molecule has 0 bridgehead atoms. The van der Waals surface area contributed by atoms with E-state index in [1.54, 1.807) is 6.07 Å². The van der Waals surface area contributed by atoms with Crippen molar-refractivity contribution in [1.29, 1.82) is 0 Å².